The third kappa shape index (κ3) is 4.82. The first-order valence-electron chi connectivity index (χ1n) is 8.57. The molecule has 0 bridgehead atoms. The van der Waals surface area contributed by atoms with E-state index in [1.165, 1.54) is 43.3 Å². The van der Waals surface area contributed by atoms with Crippen LogP contribution in [0.2, 0.25) is 10.0 Å². The van der Waals surface area contributed by atoms with Crippen molar-refractivity contribution in [1.82, 2.24) is 5.16 Å². The fraction of sp³-hybridized carbons (Fsp3) is 0.105. The van der Waals surface area contributed by atoms with Gasteiger partial charge in [0.05, 0.1) is 22.1 Å². The van der Waals surface area contributed by atoms with Crippen molar-refractivity contribution >= 4 is 56.7 Å². The van der Waals surface area contributed by atoms with E-state index >= 15 is 0 Å². The number of methoxy groups -OCH3 is 1. The summed E-state index contributed by atoms with van der Waals surface area (Å²) in [6.07, 6.45) is 0. The third-order valence-electron chi connectivity index (χ3n) is 3.99. The highest BCUT2D eigenvalue weighted by molar-refractivity contribution is 7.92. The second kappa shape index (κ2) is 8.96. The van der Waals surface area contributed by atoms with E-state index in [0.29, 0.717) is 5.69 Å². The number of sulfonamides is 1. The van der Waals surface area contributed by atoms with E-state index in [1.807, 2.05) is 0 Å². The lowest BCUT2D eigenvalue weighted by molar-refractivity contribution is -0.114. The Balaban J connectivity index is 2.02. The van der Waals surface area contributed by atoms with Crippen molar-refractivity contribution in [3.8, 4) is 11.3 Å². The van der Waals surface area contributed by atoms with Crippen LogP contribution in [-0.2, 0) is 19.6 Å². The molecule has 0 saturated heterocycles. The highest BCUT2D eigenvalue weighted by Gasteiger charge is 2.30. The van der Waals surface area contributed by atoms with Gasteiger partial charge in [0.15, 0.2) is 5.56 Å². The minimum Gasteiger partial charge on any atom is -0.465 e. The fourth-order valence-corrected chi connectivity index (χ4v) is 4.22. The first-order valence-corrected chi connectivity index (χ1v) is 10.8. The molecule has 0 aliphatic heterocycles. The predicted octanol–water partition coefficient (Wildman–Crippen LogP) is 4.19. The van der Waals surface area contributed by atoms with Gasteiger partial charge in [0.1, 0.15) is 5.69 Å². The van der Waals surface area contributed by atoms with Crippen LogP contribution >= 0.6 is 23.2 Å². The molecule has 0 atom stereocenters. The van der Waals surface area contributed by atoms with Gasteiger partial charge in [-0.3, -0.25) is 4.79 Å². The number of halogens is 2. The van der Waals surface area contributed by atoms with Gasteiger partial charge in [-0.2, -0.15) is 0 Å². The summed E-state index contributed by atoms with van der Waals surface area (Å²) in [5.41, 5.74) is 0.217. The lowest BCUT2D eigenvalue weighted by Gasteiger charge is -2.09. The van der Waals surface area contributed by atoms with E-state index < -0.39 is 21.9 Å². The fourth-order valence-electron chi connectivity index (χ4n) is 2.65. The van der Waals surface area contributed by atoms with Crippen LogP contribution in [0.25, 0.3) is 11.3 Å². The summed E-state index contributed by atoms with van der Waals surface area (Å²) in [5, 5.41) is 6.66. The third-order valence-corrected chi connectivity index (χ3v) is 5.97. The van der Waals surface area contributed by atoms with Crippen molar-refractivity contribution in [3.63, 3.8) is 0 Å². The number of hydrogen-bond acceptors (Lipinski definition) is 7. The van der Waals surface area contributed by atoms with Gasteiger partial charge in [0.2, 0.25) is 5.91 Å². The number of benzene rings is 2. The average molecular weight is 484 g/mol. The number of carbonyl (C=O) groups is 2. The quantitative estimate of drug-likeness (QED) is 0.502. The number of amides is 1. The summed E-state index contributed by atoms with van der Waals surface area (Å²) >= 11 is 12.4. The lowest BCUT2D eigenvalue weighted by atomic mass is 10.1. The average Bonchev–Trinajstić information content (AvgIpc) is 3.09. The number of rotatable bonds is 6. The van der Waals surface area contributed by atoms with Crippen molar-refractivity contribution in [3.05, 3.63) is 58.1 Å². The first-order chi connectivity index (χ1) is 14.6. The molecule has 0 unspecified atom stereocenters. The monoisotopic (exact) mass is 483 g/mol. The minimum absolute atomic E-state index is 0.0823. The highest BCUT2D eigenvalue weighted by Crippen LogP contribution is 2.39. The van der Waals surface area contributed by atoms with Crippen LogP contribution in [0.5, 0.6) is 0 Å². The largest absolute Gasteiger partial charge is 0.465 e. The van der Waals surface area contributed by atoms with Gasteiger partial charge >= 0.3 is 5.97 Å². The van der Waals surface area contributed by atoms with E-state index in [2.05, 4.69) is 15.2 Å². The smallest absolute Gasteiger partial charge is 0.345 e. The van der Waals surface area contributed by atoms with Gasteiger partial charge in [-0.25, -0.2) is 17.9 Å². The van der Waals surface area contributed by atoms with E-state index in [4.69, 9.17) is 32.5 Å². The molecule has 0 radical (unpaired) electrons. The standard InChI is InChI=1S/C19H15Cl2N3O6S/c1-10(25)22-11-6-8-12(9-7-11)31(27,28)24-18-16(19(26)29-2)17(23-30-18)15-13(20)4-3-5-14(15)21/h3-9,24H,1-2H3,(H,22,25). The molecular formula is C19H15Cl2N3O6S. The molecule has 9 nitrogen and oxygen atoms in total. The van der Waals surface area contributed by atoms with E-state index in [0.717, 1.165) is 7.11 Å². The lowest BCUT2D eigenvalue weighted by Crippen LogP contribution is -2.15. The molecule has 2 N–H and O–H groups in total. The van der Waals surface area contributed by atoms with Crippen LogP contribution in [0.1, 0.15) is 17.3 Å². The molecule has 31 heavy (non-hydrogen) atoms. The zero-order valence-electron chi connectivity index (χ0n) is 16.1. The number of nitrogens with one attached hydrogen (secondary N) is 2. The topological polar surface area (TPSA) is 128 Å². The van der Waals surface area contributed by atoms with Crippen molar-refractivity contribution in [2.75, 3.05) is 17.1 Å². The summed E-state index contributed by atoms with van der Waals surface area (Å²) in [5.74, 6) is -1.68. The number of aromatic nitrogens is 1. The summed E-state index contributed by atoms with van der Waals surface area (Å²) in [4.78, 5) is 23.4. The molecule has 2 aromatic carbocycles. The molecule has 0 fully saturated rings. The van der Waals surface area contributed by atoms with Crippen molar-refractivity contribution in [2.24, 2.45) is 0 Å². The molecule has 1 amide bonds. The van der Waals surface area contributed by atoms with Crippen LogP contribution in [0.15, 0.2) is 51.9 Å². The number of anilines is 2. The molecule has 0 saturated carbocycles. The molecule has 0 spiro atoms. The Morgan fingerprint density at radius 3 is 2.23 bits per heavy atom. The summed E-state index contributed by atoms with van der Waals surface area (Å²) in [7, 11) is -3.06. The molecule has 162 valence electrons. The van der Waals surface area contributed by atoms with Crippen LogP contribution in [0, 0.1) is 0 Å². The summed E-state index contributed by atoms with van der Waals surface area (Å²) in [6.45, 7) is 1.33. The Morgan fingerprint density at radius 2 is 1.68 bits per heavy atom. The second-order valence-corrected chi connectivity index (χ2v) is 8.63. The van der Waals surface area contributed by atoms with Crippen LogP contribution < -0.4 is 10.0 Å². The molecule has 0 aliphatic carbocycles. The summed E-state index contributed by atoms with van der Waals surface area (Å²) in [6, 6.07) is 10.0. The molecule has 3 rings (SSSR count). The van der Waals surface area contributed by atoms with Gasteiger partial charge in [0, 0.05) is 18.2 Å². The molecule has 12 heteroatoms. The van der Waals surface area contributed by atoms with E-state index in [1.54, 1.807) is 6.07 Å². The Morgan fingerprint density at radius 1 is 1.06 bits per heavy atom. The molecule has 3 aromatic rings. The SMILES string of the molecule is COC(=O)c1c(-c2c(Cl)cccc2Cl)noc1NS(=O)(=O)c1ccc(NC(C)=O)cc1. The molecular weight excluding hydrogens is 469 g/mol. The van der Waals surface area contributed by atoms with Crippen molar-refractivity contribution < 1.29 is 27.3 Å². The van der Waals surface area contributed by atoms with Gasteiger partial charge in [-0.15, -0.1) is 0 Å². The van der Waals surface area contributed by atoms with Crippen LogP contribution in [0.3, 0.4) is 0 Å². The number of ether oxygens (including phenoxy) is 1. The Bertz CT molecular complexity index is 1240. The van der Waals surface area contributed by atoms with Gasteiger partial charge in [0.25, 0.3) is 15.9 Å². The minimum atomic E-state index is -4.18. The van der Waals surface area contributed by atoms with Crippen LogP contribution in [0.4, 0.5) is 11.6 Å². The van der Waals surface area contributed by atoms with Crippen molar-refractivity contribution in [1.29, 1.82) is 0 Å². The maximum Gasteiger partial charge on any atom is 0.345 e. The maximum absolute atomic E-state index is 12.8. The van der Waals surface area contributed by atoms with Gasteiger partial charge < -0.3 is 14.6 Å². The van der Waals surface area contributed by atoms with E-state index in [9.17, 15) is 18.0 Å². The van der Waals surface area contributed by atoms with Crippen molar-refractivity contribution in [2.45, 2.75) is 11.8 Å². The number of nitrogens with zero attached hydrogens (tertiary/aromatic N) is 1. The second-order valence-electron chi connectivity index (χ2n) is 6.13. The van der Waals surface area contributed by atoms with Gasteiger partial charge in [-0.1, -0.05) is 34.4 Å². The zero-order chi connectivity index (χ0) is 22.8. The summed E-state index contributed by atoms with van der Waals surface area (Å²) < 4.78 is 37.6. The highest BCUT2D eigenvalue weighted by atomic mass is 35.5. The number of esters is 1. The Labute approximate surface area is 187 Å². The number of carbonyl (C=O) groups excluding carboxylic acids is 2. The molecule has 0 aliphatic rings. The predicted molar refractivity (Wildman–Crippen MR) is 115 cm³/mol. The first kappa shape index (κ1) is 22.6. The van der Waals surface area contributed by atoms with Gasteiger partial charge in [-0.05, 0) is 36.4 Å². The molecule has 1 aromatic heterocycles. The maximum atomic E-state index is 12.8. The molecule has 1 heterocycles. The zero-order valence-corrected chi connectivity index (χ0v) is 18.4. The Hall–Kier alpha value is -3.08. The van der Waals surface area contributed by atoms with Crippen LogP contribution in [-0.4, -0.2) is 32.6 Å². The van der Waals surface area contributed by atoms with E-state index in [-0.39, 0.29) is 37.7 Å². The Kier molecular flexibility index (Phi) is 6.54. The normalized spacial score (nSPS) is 11.1. The number of hydrogen-bond donors (Lipinski definition) is 2.